The van der Waals surface area contributed by atoms with E-state index in [1.54, 1.807) is 41.8 Å². The number of amides is 1. The Morgan fingerprint density at radius 1 is 1.30 bits per heavy atom. The molecule has 27 heavy (non-hydrogen) atoms. The lowest BCUT2D eigenvalue weighted by atomic mass is 10.0. The normalized spacial score (nSPS) is 14.0. The van der Waals surface area contributed by atoms with E-state index in [2.05, 4.69) is 10.6 Å². The van der Waals surface area contributed by atoms with Gasteiger partial charge in [0, 0.05) is 32.6 Å². The summed E-state index contributed by atoms with van der Waals surface area (Å²) in [6.07, 6.45) is 0. The third-order valence-corrected chi connectivity index (χ3v) is 7.29. The second-order valence-electron chi connectivity index (χ2n) is 6.02. The fourth-order valence-electron chi connectivity index (χ4n) is 2.39. The van der Waals surface area contributed by atoms with Crippen molar-refractivity contribution in [3.05, 3.63) is 41.8 Å². The van der Waals surface area contributed by atoms with E-state index >= 15 is 0 Å². The van der Waals surface area contributed by atoms with Crippen LogP contribution in [0.3, 0.4) is 0 Å². The number of sulfonamides is 1. The Hall–Kier alpha value is -1.81. The van der Waals surface area contributed by atoms with Gasteiger partial charge in [-0.1, -0.05) is 6.07 Å². The zero-order valence-electron chi connectivity index (χ0n) is 14.8. The first kappa shape index (κ1) is 21.5. The van der Waals surface area contributed by atoms with Gasteiger partial charge in [-0.25, -0.2) is 8.42 Å². The van der Waals surface area contributed by atoms with Gasteiger partial charge in [-0.05, 0) is 35.7 Å². The van der Waals surface area contributed by atoms with Crippen molar-refractivity contribution in [3.63, 3.8) is 0 Å². The number of hydrogen-bond acceptors (Lipinski definition) is 6. The number of hydrogen-bond donors (Lipinski definition) is 2. The summed E-state index contributed by atoms with van der Waals surface area (Å²) >= 11 is 1.18. The minimum Gasteiger partial charge on any atom is -0.484 e. The van der Waals surface area contributed by atoms with Crippen LogP contribution >= 0.6 is 23.7 Å². The molecule has 10 heteroatoms. The molecule has 1 aliphatic rings. The Morgan fingerprint density at radius 3 is 2.56 bits per heavy atom. The first-order valence-corrected chi connectivity index (χ1v) is 10.5. The topological polar surface area (TPSA) is 87.7 Å². The van der Waals surface area contributed by atoms with Crippen molar-refractivity contribution in [3.8, 4) is 5.75 Å². The molecule has 1 aromatic carbocycles. The molecule has 2 aromatic rings. The molecular weight excluding hydrogens is 410 g/mol. The molecule has 0 aliphatic carbocycles. The average molecular weight is 432 g/mol. The molecule has 1 aromatic heterocycles. The fraction of sp³-hybridized carbons (Fsp3) is 0.353. The number of anilines is 1. The van der Waals surface area contributed by atoms with E-state index in [1.165, 1.54) is 22.7 Å². The van der Waals surface area contributed by atoms with Gasteiger partial charge in [0.2, 0.25) is 0 Å². The third kappa shape index (κ3) is 5.35. The van der Waals surface area contributed by atoms with E-state index in [-0.39, 0.29) is 24.9 Å². The Morgan fingerprint density at radius 2 is 2.00 bits per heavy atom. The van der Waals surface area contributed by atoms with E-state index in [9.17, 15) is 13.2 Å². The lowest BCUT2D eigenvalue weighted by Crippen LogP contribution is -2.48. The molecular formula is C17H22ClN3O4S2. The van der Waals surface area contributed by atoms with Crippen molar-refractivity contribution < 1.29 is 17.9 Å². The second kappa shape index (κ2) is 9.41. The molecule has 2 heterocycles. The van der Waals surface area contributed by atoms with Crippen molar-refractivity contribution in [2.24, 2.45) is 5.92 Å². The fourth-order valence-corrected chi connectivity index (χ4v) is 4.74. The third-order valence-electron chi connectivity index (χ3n) is 4.13. The summed E-state index contributed by atoms with van der Waals surface area (Å²) in [6, 6.07) is 9.88. The number of nitrogens with zero attached hydrogens (tertiary/aromatic N) is 1. The summed E-state index contributed by atoms with van der Waals surface area (Å²) in [5, 5.41) is 7.70. The van der Waals surface area contributed by atoms with Crippen LogP contribution in [0.1, 0.15) is 0 Å². The molecule has 1 fully saturated rings. The maximum absolute atomic E-state index is 12.5. The zero-order valence-corrected chi connectivity index (χ0v) is 17.2. The summed E-state index contributed by atoms with van der Waals surface area (Å²) in [7, 11) is -2.05. The van der Waals surface area contributed by atoms with Gasteiger partial charge < -0.3 is 15.4 Å². The first-order chi connectivity index (χ1) is 12.5. The number of thiophene rings is 1. The van der Waals surface area contributed by atoms with E-state index in [0.29, 0.717) is 28.1 Å². The summed E-state index contributed by atoms with van der Waals surface area (Å²) in [5.41, 5.74) is 0.521. The number of nitrogens with one attached hydrogen (secondary N) is 2. The molecule has 1 aliphatic heterocycles. The van der Waals surface area contributed by atoms with E-state index in [4.69, 9.17) is 4.74 Å². The minimum atomic E-state index is -3.56. The lowest BCUT2D eigenvalue weighted by Gasteiger charge is -2.27. The van der Waals surface area contributed by atoms with Crippen LogP contribution in [0.15, 0.2) is 46.0 Å². The number of carbonyl (C=O) groups excluding carboxylic acids is 1. The molecule has 148 valence electrons. The lowest BCUT2D eigenvalue weighted by molar-refractivity contribution is -0.123. The van der Waals surface area contributed by atoms with Crippen LogP contribution in [0.4, 0.5) is 5.69 Å². The van der Waals surface area contributed by atoms with Gasteiger partial charge in [0.1, 0.15) is 9.96 Å². The Balaban J connectivity index is 0.00000261. The highest BCUT2D eigenvalue weighted by Gasteiger charge is 2.22. The monoisotopic (exact) mass is 431 g/mol. The quantitative estimate of drug-likeness (QED) is 0.664. The Bertz CT molecular complexity index is 838. The van der Waals surface area contributed by atoms with Crippen molar-refractivity contribution in [1.82, 2.24) is 10.6 Å². The maximum Gasteiger partial charge on any atom is 0.273 e. The molecule has 0 radical (unpaired) electrons. The molecule has 1 amide bonds. The number of carbonyl (C=O) groups is 1. The largest absolute Gasteiger partial charge is 0.484 e. The average Bonchev–Trinajstić information content (AvgIpc) is 3.14. The van der Waals surface area contributed by atoms with Crippen molar-refractivity contribution in [2.45, 2.75) is 4.21 Å². The molecule has 0 saturated carbocycles. The summed E-state index contributed by atoms with van der Waals surface area (Å²) < 4.78 is 32.0. The smallest absolute Gasteiger partial charge is 0.273 e. The number of benzene rings is 1. The minimum absolute atomic E-state index is 0. The predicted molar refractivity (Wildman–Crippen MR) is 108 cm³/mol. The van der Waals surface area contributed by atoms with Crippen LogP contribution in [0, 0.1) is 5.92 Å². The summed E-state index contributed by atoms with van der Waals surface area (Å²) in [4.78, 5) is 11.8. The van der Waals surface area contributed by atoms with Gasteiger partial charge in [-0.2, -0.15) is 0 Å². The molecule has 7 nitrogen and oxygen atoms in total. The van der Waals surface area contributed by atoms with Crippen LogP contribution in [-0.2, 0) is 14.8 Å². The molecule has 0 atom stereocenters. The van der Waals surface area contributed by atoms with Gasteiger partial charge in [0.05, 0.1) is 5.69 Å². The number of halogens is 1. The van der Waals surface area contributed by atoms with E-state index in [1.807, 2.05) is 0 Å². The molecule has 0 spiro atoms. The standard InChI is InChI=1S/C17H21N3O4S2.ClH/c1-20(26(22,23)17-3-2-8-25-17)14-4-6-15(7-5-14)24-12-16(21)19-11-13-9-18-10-13;/h2-8,13,18H,9-12H2,1H3,(H,19,21);1H. The van der Waals surface area contributed by atoms with Crippen LogP contribution in [-0.4, -0.2) is 47.6 Å². The van der Waals surface area contributed by atoms with Crippen LogP contribution in [0.5, 0.6) is 5.75 Å². The second-order valence-corrected chi connectivity index (χ2v) is 9.16. The van der Waals surface area contributed by atoms with Gasteiger partial charge in [0.15, 0.2) is 6.61 Å². The SMILES string of the molecule is CN(c1ccc(OCC(=O)NCC2CNC2)cc1)S(=O)(=O)c1cccs1.Cl. The highest BCUT2D eigenvalue weighted by Crippen LogP contribution is 2.26. The Labute approximate surface area is 169 Å². The van der Waals surface area contributed by atoms with Crippen LogP contribution in [0.2, 0.25) is 0 Å². The van der Waals surface area contributed by atoms with E-state index < -0.39 is 10.0 Å². The Kier molecular flexibility index (Phi) is 7.49. The maximum atomic E-state index is 12.5. The van der Waals surface area contributed by atoms with Gasteiger partial charge in [-0.15, -0.1) is 23.7 Å². The van der Waals surface area contributed by atoms with Gasteiger partial charge >= 0.3 is 0 Å². The van der Waals surface area contributed by atoms with Crippen molar-refractivity contribution >= 4 is 45.4 Å². The highest BCUT2D eigenvalue weighted by atomic mass is 35.5. The first-order valence-electron chi connectivity index (χ1n) is 8.19. The molecule has 0 unspecified atom stereocenters. The molecule has 3 rings (SSSR count). The van der Waals surface area contributed by atoms with Crippen molar-refractivity contribution in [2.75, 3.05) is 37.6 Å². The van der Waals surface area contributed by atoms with Crippen LogP contribution in [0.25, 0.3) is 0 Å². The molecule has 1 saturated heterocycles. The zero-order chi connectivity index (χ0) is 18.6. The van der Waals surface area contributed by atoms with Gasteiger partial charge in [0.25, 0.3) is 15.9 Å². The summed E-state index contributed by atoms with van der Waals surface area (Å²) in [5.74, 6) is 0.841. The number of ether oxygens (including phenoxy) is 1. The number of rotatable bonds is 8. The van der Waals surface area contributed by atoms with Crippen molar-refractivity contribution in [1.29, 1.82) is 0 Å². The summed E-state index contributed by atoms with van der Waals surface area (Å²) in [6.45, 7) is 2.46. The highest BCUT2D eigenvalue weighted by molar-refractivity contribution is 7.94. The van der Waals surface area contributed by atoms with Gasteiger partial charge in [-0.3, -0.25) is 9.10 Å². The molecule has 0 bridgehead atoms. The predicted octanol–water partition coefficient (Wildman–Crippen LogP) is 1.71. The molecule has 2 N–H and O–H groups in total. The van der Waals surface area contributed by atoms with E-state index in [0.717, 1.165) is 13.1 Å². The van der Waals surface area contributed by atoms with Crippen LogP contribution < -0.4 is 19.7 Å².